The Hall–Kier alpha value is -2.81. The molecule has 1 saturated heterocycles. The number of anilines is 1. The lowest BCUT2D eigenvalue weighted by molar-refractivity contribution is -0.274. The largest absolute Gasteiger partial charge is 0.573 e. The number of rotatable bonds is 4. The molecule has 0 N–H and O–H groups in total. The van der Waals surface area contributed by atoms with Gasteiger partial charge in [-0.3, -0.25) is 4.79 Å². The molecular formula is C21H20F3N3O2S. The van der Waals surface area contributed by atoms with Crippen LogP contribution in [0.15, 0.2) is 42.5 Å². The molecule has 2 heterocycles. The Labute approximate surface area is 175 Å². The Balaban J connectivity index is 1.38. The van der Waals surface area contributed by atoms with E-state index in [4.69, 9.17) is 0 Å². The standard InChI is InChI=1S/C21H20F3N3O2S/c1-14-3-2-4-15(11-14)12-19(28)26-7-9-27(10-8-26)20-25-17-6-5-16(13-18(17)30-20)29-21(22,23)24/h2-6,11,13H,7-10,12H2,1H3. The number of ether oxygens (including phenoxy) is 1. The molecular weight excluding hydrogens is 415 g/mol. The molecule has 1 aliphatic heterocycles. The van der Waals surface area contributed by atoms with Crippen LogP contribution in [0.4, 0.5) is 18.3 Å². The highest BCUT2D eigenvalue weighted by atomic mass is 32.1. The molecule has 4 rings (SSSR count). The Morgan fingerprint density at radius 1 is 1.13 bits per heavy atom. The maximum absolute atomic E-state index is 12.6. The minimum atomic E-state index is -4.72. The lowest BCUT2D eigenvalue weighted by Gasteiger charge is -2.34. The van der Waals surface area contributed by atoms with Crippen molar-refractivity contribution in [3.63, 3.8) is 0 Å². The topological polar surface area (TPSA) is 45.7 Å². The Bertz CT molecular complexity index is 1060. The van der Waals surface area contributed by atoms with Gasteiger partial charge in [-0.25, -0.2) is 4.98 Å². The zero-order chi connectivity index (χ0) is 21.3. The first-order valence-electron chi connectivity index (χ1n) is 9.51. The first kappa shape index (κ1) is 20.5. The Kier molecular flexibility index (Phi) is 5.55. The lowest BCUT2D eigenvalue weighted by Crippen LogP contribution is -2.49. The number of fused-ring (bicyclic) bond motifs is 1. The van der Waals surface area contributed by atoms with Crippen molar-refractivity contribution < 1.29 is 22.7 Å². The van der Waals surface area contributed by atoms with Gasteiger partial charge in [-0.1, -0.05) is 41.2 Å². The van der Waals surface area contributed by atoms with E-state index >= 15 is 0 Å². The third-order valence-electron chi connectivity index (χ3n) is 4.92. The number of aryl methyl sites for hydroxylation is 1. The molecule has 9 heteroatoms. The van der Waals surface area contributed by atoms with Crippen molar-refractivity contribution in [1.29, 1.82) is 0 Å². The number of aromatic nitrogens is 1. The molecule has 3 aromatic rings. The van der Waals surface area contributed by atoms with Crippen LogP contribution in [0.25, 0.3) is 10.2 Å². The van der Waals surface area contributed by atoms with Crippen LogP contribution in [0.2, 0.25) is 0 Å². The molecule has 0 spiro atoms. The summed E-state index contributed by atoms with van der Waals surface area (Å²) in [7, 11) is 0. The Morgan fingerprint density at radius 3 is 2.60 bits per heavy atom. The van der Waals surface area contributed by atoms with Crippen LogP contribution < -0.4 is 9.64 Å². The number of carbonyl (C=O) groups is 1. The van der Waals surface area contributed by atoms with E-state index in [0.717, 1.165) is 16.3 Å². The van der Waals surface area contributed by atoms with Crippen LogP contribution in [-0.2, 0) is 11.2 Å². The summed E-state index contributed by atoms with van der Waals surface area (Å²) < 4.78 is 41.9. The fraction of sp³-hybridized carbons (Fsp3) is 0.333. The van der Waals surface area contributed by atoms with E-state index < -0.39 is 6.36 Å². The molecule has 2 aromatic carbocycles. The predicted molar refractivity (Wildman–Crippen MR) is 110 cm³/mol. The van der Waals surface area contributed by atoms with Crippen LogP contribution in [0, 0.1) is 6.92 Å². The maximum atomic E-state index is 12.6. The van der Waals surface area contributed by atoms with E-state index in [2.05, 4.69) is 14.6 Å². The third kappa shape index (κ3) is 4.84. The van der Waals surface area contributed by atoms with Gasteiger partial charge in [0.2, 0.25) is 5.91 Å². The van der Waals surface area contributed by atoms with Crippen LogP contribution in [0.1, 0.15) is 11.1 Å². The SMILES string of the molecule is Cc1cccc(CC(=O)N2CCN(c3nc4ccc(OC(F)(F)F)cc4s3)CC2)c1. The van der Waals surface area contributed by atoms with Gasteiger partial charge < -0.3 is 14.5 Å². The summed E-state index contributed by atoms with van der Waals surface area (Å²) in [4.78, 5) is 21.0. The summed E-state index contributed by atoms with van der Waals surface area (Å²) in [6.07, 6.45) is -4.34. The summed E-state index contributed by atoms with van der Waals surface area (Å²) >= 11 is 1.32. The molecule has 0 saturated carbocycles. The second kappa shape index (κ2) is 8.14. The molecule has 0 bridgehead atoms. The molecule has 0 aliphatic carbocycles. The average Bonchev–Trinajstić information content (AvgIpc) is 3.10. The second-order valence-corrected chi connectivity index (χ2v) is 8.22. The fourth-order valence-corrected chi connectivity index (χ4v) is 4.53. The quantitative estimate of drug-likeness (QED) is 0.610. The molecule has 30 heavy (non-hydrogen) atoms. The minimum absolute atomic E-state index is 0.0958. The number of hydrogen-bond donors (Lipinski definition) is 0. The van der Waals surface area contributed by atoms with E-state index in [9.17, 15) is 18.0 Å². The number of carbonyl (C=O) groups excluding carboxylic acids is 1. The molecule has 0 unspecified atom stereocenters. The van der Waals surface area contributed by atoms with Crippen molar-refractivity contribution >= 4 is 32.6 Å². The van der Waals surface area contributed by atoms with Crippen molar-refractivity contribution in [2.24, 2.45) is 0 Å². The third-order valence-corrected chi connectivity index (χ3v) is 6.00. The average molecular weight is 435 g/mol. The number of piperazine rings is 1. The van der Waals surface area contributed by atoms with E-state index in [1.54, 1.807) is 0 Å². The van der Waals surface area contributed by atoms with Gasteiger partial charge in [0.25, 0.3) is 0 Å². The first-order chi connectivity index (χ1) is 14.3. The normalized spacial score (nSPS) is 14.9. The summed E-state index contributed by atoms with van der Waals surface area (Å²) in [6, 6.07) is 12.1. The number of benzene rings is 2. The number of amides is 1. The lowest BCUT2D eigenvalue weighted by atomic mass is 10.1. The monoisotopic (exact) mass is 435 g/mol. The van der Waals surface area contributed by atoms with Gasteiger partial charge in [0, 0.05) is 32.2 Å². The van der Waals surface area contributed by atoms with Gasteiger partial charge in [-0.15, -0.1) is 13.2 Å². The molecule has 1 amide bonds. The van der Waals surface area contributed by atoms with Crippen LogP contribution in [-0.4, -0.2) is 48.3 Å². The second-order valence-electron chi connectivity index (χ2n) is 7.21. The fourth-order valence-electron chi connectivity index (χ4n) is 3.48. The predicted octanol–water partition coefficient (Wildman–Crippen LogP) is 4.39. The molecule has 1 fully saturated rings. The van der Waals surface area contributed by atoms with E-state index in [0.29, 0.717) is 42.8 Å². The minimum Gasteiger partial charge on any atom is -0.406 e. The van der Waals surface area contributed by atoms with E-state index in [1.165, 1.54) is 29.5 Å². The molecule has 0 atom stereocenters. The van der Waals surface area contributed by atoms with Gasteiger partial charge in [0.05, 0.1) is 16.6 Å². The van der Waals surface area contributed by atoms with Gasteiger partial charge >= 0.3 is 6.36 Å². The molecule has 0 radical (unpaired) electrons. The summed E-state index contributed by atoms with van der Waals surface area (Å²) in [5.74, 6) is -0.157. The van der Waals surface area contributed by atoms with Crippen LogP contribution in [0.5, 0.6) is 5.75 Å². The van der Waals surface area contributed by atoms with Gasteiger partial charge in [0.15, 0.2) is 5.13 Å². The van der Waals surface area contributed by atoms with Crippen molar-refractivity contribution in [3.8, 4) is 5.75 Å². The van der Waals surface area contributed by atoms with Gasteiger partial charge in [-0.05, 0) is 24.6 Å². The zero-order valence-corrected chi connectivity index (χ0v) is 17.1. The number of halogens is 3. The molecule has 1 aliphatic rings. The Morgan fingerprint density at radius 2 is 1.90 bits per heavy atom. The smallest absolute Gasteiger partial charge is 0.406 e. The zero-order valence-electron chi connectivity index (χ0n) is 16.3. The van der Waals surface area contributed by atoms with Gasteiger partial charge in [0.1, 0.15) is 5.75 Å². The number of nitrogens with zero attached hydrogens (tertiary/aromatic N) is 3. The van der Waals surface area contributed by atoms with Crippen molar-refractivity contribution in [3.05, 3.63) is 53.6 Å². The number of hydrogen-bond acceptors (Lipinski definition) is 5. The molecule has 5 nitrogen and oxygen atoms in total. The highest BCUT2D eigenvalue weighted by molar-refractivity contribution is 7.22. The summed E-state index contributed by atoms with van der Waals surface area (Å²) in [5.41, 5.74) is 2.76. The number of alkyl halides is 3. The first-order valence-corrected chi connectivity index (χ1v) is 10.3. The molecule has 158 valence electrons. The van der Waals surface area contributed by atoms with E-state index in [1.807, 2.05) is 36.1 Å². The van der Waals surface area contributed by atoms with Crippen LogP contribution >= 0.6 is 11.3 Å². The summed E-state index contributed by atoms with van der Waals surface area (Å²) in [5, 5.41) is 0.736. The molecule has 1 aromatic heterocycles. The highest BCUT2D eigenvalue weighted by Crippen LogP contribution is 2.33. The van der Waals surface area contributed by atoms with Crippen molar-refractivity contribution in [2.45, 2.75) is 19.7 Å². The van der Waals surface area contributed by atoms with Gasteiger partial charge in [-0.2, -0.15) is 0 Å². The van der Waals surface area contributed by atoms with E-state index in [-0.39, 0.29) is 11.7 Å². The highest BCUT2D eigenvalue weighted by Gasteiger charge is 2.31. The number of thiazole rings is 1. The van der Waals surface area contributed by atoms with Crippen molar-refractivity contribution in [1.82, 2.24) is 9.88 Å². The maximum Gasteiger partial charge on any atom is 0.573 e. The summed E-state index contributed by atoms with van der Waals surface area (Å²) in [6.45, 7) is 4.44. The van der Waals surface area contributed by atoms with Crippen LogP contribution in [0.3, 0.4) is 0 Å². The van der Waals surface area contributed by atoms with Crippen molar-refractivity contribution in [2.75, 3.05) is 31.1 Å².